The van der Waals surface area contributed by atoms with Gasteiger partial charge in [-0.3, -0.25) is 30.2 Å². The summed E-state index contributed by atoms with van der Waals surface area (Å²) in [6, 6.07) is 16.0. The van der Waals surface area contributed by atoms with Gasteiger partial charge in [-0.15, -0.1) is 0 Å². The molecule has 2 aliphatic rings. The number of carbonyl (C=O) groups is 3. The number of benzene rings is 2. The molecule has 2 amide bonds. The number of nitrogens with one attached hydrogen (secondary N) is 2. The van der Waals surface area contributed by atoms with Crippen molar-refractivity contribution in [2.45, 2.75) is 25.7 Å². The van der Waals surface area contributed by atoms with Crippen molar-refractivity contribution in [2.75, 3.05) is 51.3 Å². The minimum absolute atomic E-state index is 0.0943. The maximum Gasteiger partial charge on any atom is 0.414 e. The van der Waals surface area contributed by atoms with E-state index in [2.05, 4.69) is 19.9 Å². The van der Waals surface area contributed by atoms with Crippen molar-refractivity contribution in [2.24, 2.45) is 0 Å². The Labute approximate surface area is 221 Å². The molecule has 2 heterocycles. The molecule has 4 rings (SSSR count). The average Bonchev–Trinajstić information content (AvgIpc) is 3.31. The number of esters is 1. The lowest BCUT2D eigenvalue weighted by Gasteiger charge is -2.37. The first-order valence-corrected chi connectivity index (χ1v) is 12.5. The van der Waals surface area contributed by atoms with Gasteiger partial charge < -0.3 is 14.2 Å². The molecule has 2 aliphatic heterocycles. The monoisotopic (exact) mass is 523 g/mol. The number of nitrogens with zero attached hydrogens (tertiary/aromatic N) is 3. The van der Waals surface area contributed by atoms with E-state index >= 15 is 0 Å². The van der Waals surface area contributed by atoms with Gasteiger partial charge in [0.25, 0.3) is 0 Å². The van der Waals surface area contributed by atoms with Crippen LogP contribution in [0.4, 0.5) is 15.3 Å². The van der Waals surface area contributed by atoms with Gasteiger partial charge in [0.05, 0.1) is 13.7 Å². The Balaban J connectivity index is 1.22. The topological polar surface area (TPSA) is 124 Å². The van der Waals surface area contributed by atoms with Gasteiger partial charge in [0.15, 0.2) is 0 Å². The maximum absolute atomic E-state index is 12.5. The van der Waals surface area contributed by atoms with Crippen LogP contribution in [0.3, 0.4) is 0 Å². The Morgan fingerprint density at radius 1 is 1.08 bits per heavy atom. The summed E-state index contributed by atoms with van der Waals surface area (Å²) in [6.07, 6.45) is -1.41. The third kappa shape index (κ3) is 6.87. The Kier molecular flexibility index (Phi) is 8.93. The van der Waals surface area contributed by atoms with Crippen LogP contribution in [0.25, 0.3) is 0 Å². The quantitative estimate of drug-likeness (QED) is 0.234. The molecule has 2 fully saturated rings. The van der Waals surface area contributed by atoms with Gasteiger partial charge in [-0.05, 0) is 36.8 Å². The second kappa shape index (κ2) is 12.5. The molecule has 0 bridgehead atoms. The highest BCUT2D eigenvalue weighted by Crippen LogP contribution is 2.23. The van der Waals surface area contributed by atoms with E-state index in [0.717, 1.165) is 31.7 Å². The van der Waals surface area contributed by atoms with Crippen LogP contribution < -0.4 is 10.2 Å². The normalized spacial score (nSPS) is 18.9. The summed E-state index contributed by atoms with van der Waals surface area (Å²) in [5.74, 6) is -0.326. The number of rotatable bonds is 8. The second-order valence-corrected chi connectivity index (χ2v) is 9.26. The van der Waals surface area contributed by atoms with E-state index < -0.39 is 12.2 Å². The number of methoxy groups -OCH3 is 1. The van der Waals surface area contributed by atoms with Gasteiger partial charge in [-0.1, -0.05) is 30.3 Å². The highest BCUT2D eigenvalue weighted by atomic mass is 16.6. The molecule has 0 aromatic heterocycles. The van der Waals surface area contributed by atoms with Crippen molar-refractivity contribution >= 4 is 29.7 Å². The first kappa shape index (κ1) is 27.1. The molecule has 0 radical (unpaired) electrons. The van der Waals surface area contributed by atoms with E-state index in [-0.39, 0.29) is 30.6 Å². The predicted octanol–water partition coefficient (Wildman–Crippen LogP) is 2.44. The summed E-state index contributed by atoms with van der Waals surface area (Å²) in [7, 11) is 1.23. The Morgan fingerprint density at radius 2 is 1.76 bits per heavy atom. The number of ether oxygens (including phenoxy) is 3. The number of piperazine rings is 1. The van der Waals surface area contributed by atoms with Crippen LogP contribution in [0.15, 0.2) is 54.6 Å². The van der Waals surface area contributed by atoms with Gasteiger partial charge in [-0.25, -0.2) is 9.59 Å². The Hall–Kier alpha value is -3.96. The third-order valence-corrected chi connectivity index (χ3v) is 6.74. The molecule has 11 heteroatoms. The highest BCUT2D eigenvalue weighted by Gasteiger charge is 2.35. The van der Waals surface area contributed by atoms with Crippen LogP contribution in [0.5, 0.6) is 0 Å². The minimum Gasteiger partial charge on any atom is -0.460 e. The van der Waals surface area contributed by atoms with E-state index in [0.29, 0.717) is 24.3 Å². The predicted molar refractivity (Wildman–Crippen MR) is 140 cm³/mol. The fourth-order valence-electron chi connectivity index (χ4n) is 4.48. The van der Waals surface area contributed by atoms with Crippen molar-refractivity contribution < 1.29 is 28.6 Å². The molecule has 0 spiro atoms. The molecule has 2 N–H and O–H groups in total. The van der Waals surface area contributed by atoms with Crippen LogP contribution >= 0.6 is 0 Å². The number of carbonyl (C=O) groups excluding carboxylic acids is 3. The molecule has 0 aliphatic carbocycles. The molecule has 2 unspecified atom stereocenters. The van der Waals surface area contributed by atoms with Gasteiger partial charge in [0.2, 0.25) is 0 Å². The summed E-state index contributed by atoms with van der Waals surface area (Å²) in [5, 5.41) is 10.2. The van der Waals surface area contributed by atoms with Crippen molar-refractivity contribution in [3.8, 4) is 0 Å². The van der Waals surface area contributed by atoms with Gasteiger partial charge in [0, 0.05) is 44.0 Å². The van der Waals surface area contributed by atoms with E-state index in [1.165, 1.54) is 7.11 Å². The SMILES string of the molecule is COC(=O)NC(=N)c1ccc(N2CC(CN3CCN(C(C)C(=O)OCc4ccccc4)CC3)OC2=O)cc1. The number of amidine groups is 1. The third-order valence-electron chi connectivity index (χ3n) is 6.74. The van der Waals surface area contributed by atoms with Crippen molar-refractivity contribution in [3.05, 3.63) is 65.7 Å². The number of hydrogen-bond donors (Lipinski definition) is 2. The summed E-state index contributed by atoms with van der Waals surface area (Å²) in [4.78, 5) is 42.3. The van der Waals surface area contributed by atoms with E-state index in [4.69, 9.17) is 14.9 Å². The Bertz CT molecular complexity index is 1130. The first-order chi connectivity index (χ1) is 18.3. The molecule has 2 saturated heterocycles. The van der Waals surface area contributed by atoms with E-state index in [9.17, 15) is 14.4 Å². The molecular weight excluding hydrogens is 490 g/mol. The Morgan fingerprint density at radius 3 is 2.42 bits per heavy atom. The summed E-state index contributed by atoms with van der Waals surface area (Å²) < 4.78 is 15.6. The van der Waals surface area contributed by atoms with Crippen molar-refractivity contribution in [3.63, 3.8) is 0 Å². The molecule has 2 atom stereocenters. The molecule has 2 aromatic rings. The number of cyclic esters (lactones) is 1. The maximum atomic E-state index is 12.5. The number of anilines is 1. The molecule has 2 aromatic carbocycles. The van der Waals surface area contributed by atoms with E-state index in [1.807, 2.05) is 37.3 Å². The summed E-state index contributed by atoms with van der Waals surface area (Å²) >= 11 is 0. The zero-order valence-corrected chi connectivity index (χ0v) is 21.6. The molecule has 0 saturated carbocycles. The number of hydrogen-bond acceptors (Lipinski definition) is 9. The molecular formula is C27H33N5O6. The van der Waals surface area contributed by atoms with E-state index in [1.54, 1.807) is 29.2 Å². The van der Waals surface area contributed by atoms with Gasteiger partial charge in [0.1, 0.15) is 24.6 Å². The number of alkyl carbamates (subject to hydrolysis) is 1. The minimum atomic E-state index is -0.719. The first-order valence-electron chi connectivity index (χ1n) is 12.5. The zero-order chi connectivity index (χ0) is 27.1. The van der Waals surface area contributed by atoms with Crippen LogP contribution in [-0.2, 0) is 25.6 Å². The standard InChI is InChI=1S/C27H33N5O6/c1-19(25(33)37-18-20-6-4-3-5-7-20)31-14-12-30(13-15-31)16-23-17-32(27(35)38-23)22-10-8-21(9-11-22)24(28)29-26(34)36-2/h3-11,19,23H,12-18H2,1-2H3,(H2,28,29,34). The largest absolute Gasteiger partial charge is 0.460 e. The highest BCUT2D eigenvalue weighted by molar-refractivity contribution is 6.04. The second-order valence-electron chi connectivity index (χ2n) is 9.26. The van der Waals surface area contributed by atoms with Crippen LogP contribution in [0.1, 0.15) is 18.1 Å². The molecule has 11 nitrogen and oxygen atoms in total. The van der Waals surface area contributed by atoms with Crippen LogP contribution in [-0.4, -0.2) is 92.3 Å². The molecule has 38 heavy (non-hydrogen) atoms. The fraction of sp³-hybridized carbons (Fsp3) is 0.407. The van der Waals surface area contributed by atoms with Crippen molar-refractivity contribution in [1.82, 2.24) is 15.1 Å². The lowest BCUT2D eigenvalue weighted by molar-refractivity contribution is -0.151. The smallest absolute Gasteiger partial charge is 0.414 e. The zero-order valence-electron chi connectivity index (χ0n) is 21.6. The van der Waals surface area contributed by atoms with Crippen LogP contribution in [0, 0.1) is 5.41 Å². The van der Waals surface area contributed by atoms with Crippen molar-refractivity contribution in [1.29, 1.82) is 5.41 Å². The summed E-state index contributed by atoms with van der Waals surface area (Å²) in [6.45, 7) is 6.12. The number of amides is 2. The summed E-state index contributed by atoms with van der Waals surface area (Å²) in [5.41, 5.74) is 2.10. The van der Waals surface area contributed by atoms with Crippen LogP contribution in [0.2, 0.25) is 0 Å². The lowest BCUT2D eigenvalue weighted by Crippen LogP contribution is -2.53. The average molecular weight is 524 g/mol. The fourth-order valence-corrected chi connectivity index (χ4v) is 4.48. The van der Waals surface area contributed by atoms with Gasteiger partial charge >= 0.3 is 18.2 Å². The van der Waals surface area contributed by atoms with Gasteiger partial charge in [-0.2, -0.15) is 0 Å². The lowest BCUT2D eigenvalue weighted by atomic mass is 10.1. The molecule has 202 valence electrons.